The van der Waals surface area contributed by atoms with Gasteiger partial charge in [0.2, 0.25) is 0 Å². The van der Waals surface area contributed by atoms with Gasteiger partial charge in [-0.2, -0.15) is 0 Å². The van der Waals surface area contributed by atoms with Crippen LogP contribution >= 0.6 is 0 Å². The quantitative estimate of drug-likeness (QED) is 0.416. The molecular formula is C8H6KNS. The molecule has 1 nitrogen and oxygen atoms in total. The van der Waals surface area contributed by atoms with E-state index >= 15 is 0 Å². The van der Waals surface area contributed by atoms with Crippen LogP contribution in [0, 0.1) is 0 Å². The SMILES string of the molecule is [K+].[S-]c1cc2ccccc2[nH]1. The first-order valence-corrected chi connectivity index (χ1v) is 3.52. The van der Waals surface area contributed by atoms with Crippen LogP contribution in [0.5, 0.6) is 0 Å². The summed E-state index contributed by atoms with van der Waals surface area (Å²) in [4.78, 5) is 3.07. The molecule has 2 rings (SSSR count). The number of aromatic amines is 1. The maximum Gasteiger partial charge on any atom is 1.00 e. The number of fused-ring (bicyclic) bond motifs is 1. The molecule has 0 unspecified atom stereocenters. The van der Waals surface area contributed by atoms with Crippen molar-refractivity contribution in [2.45, 2.75) is 5.03 Å². The minimum Gasteiger partial charge on any atom is -0.762 e. The van der Waals surface area contributed by atoms with Gasteiger partial charge in [-0.3, -0.25) is 0 Å². The van der Waals surface area contributed by atoms with E-state index in [0.717, 1.165) is 10.5 Å². The van der Waals surface area contributed by atoms with E-state index in [0.29, 0.717) is 0 Å². The summed E-state index contributed by atoms with van der Waals surface area (Å²) in [6, 6.07) is 10.0. The van der Waals surface area contributed by atoms with Crippen LogP contribution in [-0.2, 0) is 12.6 Å². The summed E-state index contributed by atoms with van der Waals surface area (Å²) in [7, 11) is 0. The zero-order valence-electron chi connectivity index (χ0n) is 6.29. The number of benzene rings is 1. The number of nitrogens with one attached hydrogen (secondary N) is 1. The van der Waals surface area contributed by atoms with E-state index in [1.165, 1.54) is 5.39 Å². The first kappa shape index (κ1) is 9.70. The Labute approximate surface area is 113 Å². The van der Waals surface area contributed by atoms with Crippen LogP contribution in [0.1, 0.15) is 0 Å². The summed E-state index contributed by atoms with van der Waals surface area (Å²) >= 11 is 4.96. The summed E-state index contributed by atoms with van der Waals surface area (Å²) < 4.78 is 0. The molecule has 0 aliphatic heterocycles. The second-order valence-corrected chi connectivity index (χ2v) is 2.66. The van der Waals surface area contributed by atoms with Crippen LogP contribution in [0.3, 0.4) is 0 Å². The van der Waals surface area contributed by atoms with Gasteiger partial charge in [-0.1, -0.05) is 24.3 Å². The van der Waals surface area contributed by atoms with Gasteiger partial charge in [0.1, 0.15) is 0 Å². The molecule has 1 aromatic carbocycles. The van der Waals surface area contributed by atoms with Crippen molar-refractivity contribution in [1.29, 1.82) is 0 Å². The largest absolute Gasteiger partial charge is 1.00 e. The summed E-state index contributed by atoms with van der Waals surface area (Å²) in [6.07, 6.45) is 0. The third-order valence-corrected chi connectivity index (χ3v) is 1.73. The summed E-state index contributed by atoms with van der Waals surface area (Å²) in [6.45, 7) is 0. The van der Waals surface area contributed by atoms with Gasteiger partial charge in [0.25, 0.3) is 0 Å². The number of hydrogen-bond acceptors (Lipinski definition) is 1. The standard InChI is InChI=1S/C8H7NS.K/c10-8-5-6-3-1-2-4-7(6)9-8;/h1-5,9-10H;/q;+1/p-1. The molecule has 0 amide bonds. The fraction of sp³-hybridized carbons (Fsp3) is 0. The number of H-pyrrole nitrogens is 1. The number of para-hydroxylation sites is 1. The number of aromatic nitrogens is 1. The first-order valence-electron chi connectivity index (χ1n) is 3.11. The topological polar surface area (TPSA) is 15.8 Å². The van der Waals surface area contributed by atoms with Gasteiger partial charge < -0.3 is 17.6 Å². The van der Waals surface area contributed by atoms with Crippen molar-refractivity contribution in [2.24, 2.45) is 0 Å². The molecule has 0 fully saturated rings. The second kappa shape index (κ2) is 4.03. The maximum atomic E-state index is 4.96. The average Bonchev–Trinajstić information content (AvgIpc) is 2.27. The Bertz CT molecular complexity index is 323. The molecule has 2 aromatic rings. The van der Waals surface area contributed by atoms with E-state index < -0.39 is 0 Å². The molecule has 1 heterocycles. The van der Waals surface area contributed by atoms with Crippen LogP contribution in [0.2, 0.25) is 0 Å². The molecule has 0 saturated heterocycles. The minimum absolute atomic E-state index is 0. The monoisotopic (exact) mass is 187 g/mol. The Hall–Kier alpha value is 0.616. The van der Waals surface area contributed by atoms with Crippen LogP contribution in [0.25, 0.3) is 10.9 Å². The molecule has 3 heteroatoms. The van der Waals surface area contributed by atoms with Gasteiger partial charge in [0.15, 0.2) is 0 Å². The van der Waals surface area contributed by atoms with Gasteiger partial charge in [-0.05, 0) is 11.5 Å². The van der Waals surface area contributed by atoms with Crippen molar-refractivity contribution in [3.63, 3.8) is 0 Å². The molecule has 0 spiro atoms. The normalized spacial score (nSPS) is 9.45. The van der Waals surface area contributed by atoms with E-state index in [1.807, 2.05) is 30.3 Å². The van der Waals surface area contributed by atoms with E-state index in [9.17, 15) is 0 Å². The maximum absolute atomic E-state index is 4.96. The van der Waals surface area contributed by atoms with E-state index in [2.05, 4.69) is 4.98 Å². The Morgan fingerprint density at radius 2 is 1.91 bits per heavy atom. The third-order valence-electron chi connectivity index (χ3n) is 1.51. The van der Waals surface area contributed by atoms with Gasteiger partial charge in [0, 0.05) is 5.52 Å². The third kappa shape index (κ3) is 2.05. The summed E-state index contributed by atoms with van der Waals surface area (Å²) in [5.74, 6) is 0. The summed E-state index contributed by atoms with van der Waals surface area (Å²) in [5, 5.41) is 1.99. The van der Waals surface area contributed by atoms with Crippen LogP contribution in [0.15, 0.2) is 35.4 Å². The molecule has 1 N–H and O–H groups in total. The summed E-state index contributed by atoms with van der Waals surface area (Å²) in [5.41, 5.74) is 1.12. The van der Waals surface area contributed by atoms with Gasteiger partial charge in [-0.25, -0.2) is 0 Å². The van der Waals surface area contributed by atoms with Crippen molar-refractivity contribution in [3.05, 3.63) is 30.3 Å². The molecule has 0 atom stereocenters. The molecule has 50 valence electrons. The van der Waals surface area contributed by atoms with Crippen LogP contribution in [0.4, 0.5) is 0 Å². The van der Waals surface area contributed by atoms with Crippen LogP contribution in [-0.4, -0.2) is 4.98 Å². The fourth-order valence-electron chi connectivity index (χ4n) is 1.05. The Morgan fingerprint density at radius 1 is 1.18 bits per heavy atom. The Kier molecular flexibility index (Phi) is 3.55. The predicted molar refractivity (Wildman–Crippen MR) is 43.9 cm³/mol. The molecule has 0 radical (unpaired) electrons. The molecule has 11 heavy (non-hydrogen) atoms. The van der Waals surface area contributed by atoms with Crippen LogP contribution < -0.4 is 51.4 Å². The second-order valence-electron chi connectivity index (χ2n) is 2.22. The molecule has 0 bridgehead atoms. The van der Waals surface area contributed by atoms with Crippen molar-refractivity contribution < 1.29 is 51.4 Å². The smallest absolute Gasteiger partial charge is 0.762 e. The van der Waals surface area contributed by atoms with Crippen molar-refractivity contribution in [2.75, 3.05) is 0 Å². The first-order chi connectivity index (χ1) is 4.86. The van der Waals surface area contributed by atoms with Gasteiger partial charge >= 0.3 is 51.4 Å². The van der Waals surface area contributed by atoms with Gasteiger partial charge in [0.05, 0.1) is 0 Å². The van der Waals surface area contributed by atoms with E-state index in [1.54, 1.807) is 0 Å². The van der Waals surface area contributed by atoms with E-state index in [-0.39, 0.29) is 51.4 Å². The van der Waals surface area contributed by atoms with E-state index in [4.69, 9.17) is 12.6 Å². The zero-order chi connectivity index (χ0) is 6.97. The zero-order valence-corrected chi connectivity index (χ0v) is 10.2. The number of hydrogen-bond donors (Lipinski definition) is 1. The molecular weight excluding hydrogens is 181 g/mol. The fourth-order valence-corrected chi connectivity index (χ4v) is 1.28. The van der Waals surface area contributed by atoms with Crippen molar-refractivity contribution >= 4 is 23.5 Å². The average molecular weight is 187 g/mol. The minimum atomic E-state index is 0. The number of rotatable bonds is 0. The van der Waals surface area contributed by atoms with Crippen molar-refractivity contribution in [3.8, 4) is 0 Å². The molecule has 0 saturated carbocycles. The molecule has 1 aromatic heterocycles. The van der Waals surface area contributed by atoms with Crippen molar-refractivity contribution in [1.82, 2.24) is 4.98 Å². The predicted octanol–water partition coefficient (Wildman–Crippen LogP) is -0.922. The molecule has 0 aliphatic rings. The Balaban J connectivity index is 0.000000605. The van der Waals surface area contributed by atoms with Gasteiger partial charge in [-0.15, -0.1) is 5.03 Å². The Morgan fingerprint density at radius 3 is 2.64 bits per heavy atom. The molecule has 0 aliphatic carbocycles.